The normalized spacial score (nSPS) is 11.1. The van der Waals surface area contributed by atoms with Crippen LogP contribution in [0.2, 0.25) is 0 Å². The van der Waals surface area contributed by atoms with Crippen LogP contribution in [0.25, 0.3) is 16.3 Å². The molecule has 0 radical (unpaired) electrons. The molecule has 21 heavy (non-hydrogen) atoms. The molecular weight excluding hydrogens is 293 g/mol. The van der Waals surface area contributed by atoms with Gasteiger partial charge in [0.2, 0.25) is 0 Å². The van der Waals surface area contributed by atoms with Crippen molar-refractivity contribution in [1.29, 1.82) is 0 Å². The molecule has 3 aromatic rings. The first-order valence-electron chi connectivity index (χ1n) is 6.35. The molecule has 7 heteroatoms. The Hall–Kier alpha value is -2.28. The van der Waals surface area contributed by atoms with Gasteiger partial charge in [-0.3, -0.25) is 14.2 Å². The van der Waals surface area contributed by atoms with Gasteiger partial charge in [0.25, 0.3) is 0 Å². The minimum atomic E-state index is -0.826. The van der Waals surface area contributed by atoms with Crippen molar-refractivity contribution in [1.82, 2.24) is 14.4 Å². The molecule has 0 amide bonds. The van der Waals surface area contributed by atoms with E-state index in [9.17, 15) is 9.18 Å². The summed E-state index contributed by atoms with van der Waals surface area (Å²) in [4.78, 5) is 20.1. The lowest BCUT2D eigenvalue weighted by Gasteiger charge is -2.01. The van der Waals surface area contributed by atoms with Crippen molar-refractivity contribution in [3.63, 3.8) is 0 Å². The molecule has 3 heterocycles. The van der Waals surface area contributed by atoms with E-state index in [1.165, 1.54) is 17.4 Å². The fourth-order valence-corrected chi connectivity index (χ4v) is 3.20. The van der Waals surface area contributed by atoms with Crippen molar-refractivity contribution in [2.24, 2.45) is 0 Å². The van der Waals surface area contributed by atoms with Gasteiger partial charge in [0.05, 0.1) is 24.0 Å². The molecule has 0 spiro atoms. The van der Waals surface area contributed by atoms with Crippen LogP contribution >= 0.6 is 11.3 Å². The Labute approximate surface area is 123 Å². The van der Waals surface area contributed by atoms with Crippen molar-refractivity contribution < 1.29 is 14.3 Å². The fourth-order valence-electron chi connectivity index (χ4n) is 2.23. The molecule has 0 aliphatic carbocycles. The van der Waals surface area contributed by atoms with Gasteiger partial charge in [0, 0.05) is 11.1 Å². The Morgan fingerprint density at radius 3 is 2.95 bits per heavy atom. The second-order valence-corrected chi connectivity index (χ2v) is 5.48. The maximum atomic E-state index is 12.9. The van der Waals surface area contributed by atoms with E-state index in [0.717, 1.165) is 22.5 Å². The molecular formula is C14H12FN3O2S. The van der Waals surface area contributed by atoms with Crippen molar-refractivity contribution in [2.75, 3.05) is 0 Å². The first-order valence-corrected chi connectivity index (χ1v) is 7.23. The van der Waals surface area contributed by atoms with Crippen LogP contribution in [0, 0.1) is 12.7 Å². The lowest BCUT2D eigenvalue weighted by atomic mass is 10.2. The molecule has 3 rings (SSSR count). The van der Waals surface area contributed by atoms with Gasteiger partial charge in [0.1, 0.15) is 11.5 Å². The summed E-state index contributed by atoms with van der Waals surface area (Å²) in [5, 5.41) is 10.7. The van der Waals surface area contributed by atoms with Gasteiger partial charge < -0.3 is 5.11 Å². The highest BCUT2D eigenvalue weighted by Crippen LogP contribution is 2.27. The molecule has 3 aromatic heterocycles. The quantitative estimate of drug-likeness (QED) is 0.804. The van der Waals surface area contributed by atoms with Crippen LogP contribution < -0.4 is 0 Å². The number of thiazole rings is 1. The molecule has 0 fully saturated rings. The number of carboxylic acid groups (broad SMARTS) is 1. The van der Waals surface area contributed by atoms with Crippen LogP contribution in [0.1, 0.15) is 17.8 Å². The number of pyridine rings is 1. The predicted octanol–water partition coefficient (Wildman–Crippen LogP) is 2.92. The Morgan fingerprint density at radius 2 is 2.29 bits per heavy atom. The third-order valence-corrected chi connectivity index (χ3v) is 4.10. The number of rotatable bonds is 4. The summed E-state index contributed by atoms with van der Waals surface area (Å²) in [5.41, 5.74) is 3.09. The number of aliphatic carboxylic acids is 1. The smallest absolute Gasteiger partial charge is 0.303 e. The van der Waals surface area contributed by atoms with Crippen LogP contribution in [0.4, 0.5) is 4.39 Å². The number of fused-ring (bicyclic) bond motifs is 1. The molecule has 5 nitrogen and oxygen atoms in total. The molecule has 108 valence electrons. The lowest BCUT2D eigenvalue weighted by molar-refractivity contribution is -0.136. The minimum absolute atomic E-state index is 0.0770. The van der Waals surface area contributed by atoms with Gasteiger partial charge in [0.15, 0.2) is 4.96 Å². The SMILES string of the molecule is Cc1c(-c2ccc(F)cn2)nc2scc(CCC(=O)O)n12. The Balaban J connectivity index is 2.04. The maximum absolute atomic E-state index is 12.9. The molecule has 1 N–H and O–H groups in total. The highest BCUT2D eigenvalue weighted by molar-refractivity contribution is 7.15. The van der Waals surface area contributed by atoms with Gasteiger partial charge in [-0.2, -0.15) is 0 Å². The molecule has 0 bridgehead atoms. The zero-order valence-electron chi connectivity index (χ0n) is 11.2. The van der Waals surface area contributed by atoms with E-state index in [1.54, 1.807) is 6.07 Å². The predicted molar refractivity (Wildman–Crippen MR) is 77.0 cm³/mol. The molecule has 0 unspecified atom stereocenters. The Kier molecular flexibility index (Phi) is 3.42. The summed E-state index contributed by atoms with van der Waals surface area (Å²) in [6, 6.07) is 2.94. The average Bonchev–Trinajstić information content (AvgIpc) is 2.99. The van der Waals surface area contributed by atoms with E-state index in [2.05, 4.69) is 9.97 Å². The standard InChI is InChI=1S/C14H12FN3O2S/c1-8-13(11-4-2-9(15)6-16-11)17-14-18(8)10(7-21-14)3-5-12(19)20/h2,4,6-7H,3,5H2,1H3,(H,19,20). The fraction of sp³-hybridized carbons (Fsp3) is 0.214. The Bertz CT molecular complexity index is 808. The van der Waals surface area contributed by atoms with Crippen molar-refractivity contribution in [2.45, 2.75) is 19.8 Å². The van der Waals surface area contributed by atoms with E-state index in [4.69, 9.17) is 5.11 Å². The van der Waals surface area contributed by atoms with E-state index in [-0.39, 0.29) is 12.2 Å². The summed E-state index contributed by atoms with van der Waals surface area (Å²) in [5.74, 6) is -1.22. The molecule has 0 atom stereocenters. The monoisotopic (exact) mass is 305 g/mol. The molecule has 0 aliphatic heterocycles. The van der Waals surface area contributed by atoms with E-state index < -0.39 is 5.97 Å². The number of imidazole rings is 1. The summed E-state index contributed by atoms with van der Waals surface area (Å²) < 4.78 is 14.9. The third-order valence-electron chi connectivity index (χ3n) is 3.23. The van der Waals surface area contributed by atoms with Gasteiger partial charge in [-0.1, -0.05) is 0 Å². The van der Waals surface area contributed by atoms with Crippen LogP contribution in [0.15, 0.2) is 23.7 Å². The van der Waals surface area contributed by atoms with Crippen molar-refractivity contribution in [3.05, 3.63) is 40.9 Å². The van der Waals surface area contributed by atoms with Gasteiger partial charge in [-0.25, -0.2) is 9.37 Å². The molecule has 0 saturated carbocycles. The summed E-state index contributed by atoms with van der Waals surface area (Å²) in [6.45, 7) is 1.90. The first kappa shape index (κ1) is 13.7. The number of halogens is 1. The van der Waals surface area contributed by atoms with E-state index in [1.807, 2.05) is 16.7 Å². The largest absolute Gasteiger partial charge is 0.481 e. The second kappa shape index (κ2) is 5.25. The highest BCUT2D eigenvalue weighted by Gasteiger charge is 2.16. The van der Waals surface area contributed by atoms with E-state index in [0.29, 0.717) is 17.8 Å². The average molecular weight is 305 g/mol. The summed E-state index contributed by atoms with van der Waals surface area (Å²) in [6.07, 6.45) is 1.68. The van der Waals surface area contributed by atoms with Crippen LogP contribution in [-0.4, -0.2) is 25.4 Å². The number of carboxylic acids is 1. The summed E-state index contributed by atoms with van der Waals surface area (Å²) in [7, 11) is 0. The molecule has 0 saturated heterocycles. The number of carbonyl (C=O) groups is 1. The topological polar surface area (TPSA) is 67.5 Å². The number of aryl methyl sites for hydroxylation is 2. The minimum Gasteiger partial charge on any atom is -0.481 e. The van der Waals surface area contributed by atoms with Crippen LogP contribution in [0.3, 0.4) is 0 Å². The van der Waals surface area contributed by atoms with E-state index >= 15 is 0 Å². The number of nitrogens with zero attached hydrogens (tertiary/aromatic N) is 3. The van der Waals surface area contributed by atoms with Gasteiger partial charge in [-0.15, -0.1) is 11.3 Å². The lowest BCUT2D eigenvalue weighted by Crippen LogP contribution is -2.00. The maximum Gasteiger partial charge on any atom is 0.303 e. The van der Waals surface area contributed by atoms with Gasteiger partial charge in [-0.05, 0) is 25.5 Å². The zero-order chi connectivity index (χ0) is 15.0. The summed E-state index contributed by atoms with van der Waals surface area (Å²) >= 11 is 1.46. The first-order chi connectivity index (χ1) is 10.1. The second-order valence-electron chi connectivity index (χ2n) is 4.65. The highest BCUT2D eigenvalue weighted by atomic mass is 32.1. The number of hydrogen-bond acceptors (Lipinski definition) is 4. The third kappa shape index (κ3) is 2.52. The van der Waals surface area contributed by atoms with Crippen LogP contribution in [-0.2, 0) is 11.2 Å². The van der Waals surface area contributed by atoms with Gasteiger partial charge >= 0.3 is 5.97 Å². The number of hydrogen-bond donors (Lipinski definition) is 1. The zero-order valence-corrected chi connectivity index (χ0v) is 12.0. The Morgan fingerprint density at radius 1 is 1.48 bits per heavy atom. The van der Waals surface area contributed by atoms with Crippen LogP contribution in [0.5, 0.6) is 0 Å². The van der Waals surface area contributed by atoms with Crippen molar-refractivity contribution >= 4 is 22.3 Å². The number of aromatic nitrogens is 3. The molecule has 0 aromatic carbocycles. The van der Waals surface area contributed by atoms with Crippen molar-refractivity contribution in [3.8, 4) is 11.4 Å². The molecule has 0 aliphatic rings.